The SMILES string of the molecule is O=[N+]([O-])c1ccc(Cl)nc1N1CCOC2CCCCC21. The van der Waals surface area contributed by atoms with E-state index in [0.29, 0.717) is 19.0 Å². The third-order valence-corrected chi connectivity index (χ3v) is 4.23. The Morgan fingerprint density at radius 2 is 2.20 bits per heavy atom. The molecular weight excluding hydrogens is 282 g/mol. The number of hydrogen-bond donors (Lipinski definition) is 0. The Labute approximate surface area is 121 Å². The summed E-state index contributed by atoms with van der Waals surface area (Å²) in [5, 5.41) is 11.5. The van der Waals surface area contributed by atoms with Gasteiger partial charge in [-0.2, -0.15) is 0 Å². The molecule has 1 aliphatic heterocycles. The van der Waals surface area contributed by atoms with Gasteiger partial charge in [0.15, 0.2) is 0 Å². The summed E-state index contributed by atoms with van der Waals surface area (Å²) in [7, 11) is 0. The number of rotatable bonds is 2. The van der Waals surface area contributed by atoms with E-state index < -0.39 is 4.92 Å². The smallest absolute Gasteiger partial charge is 0.311 e. The minimum atomic E-state index is -0.397. The predicted octanol–water partition coefficient (Wildman–Crippen LogP) is 2.79. The van der Waals surface area contributed by atoms with Crippen LogP contribution in [-0.2, 0) is 4.74 Å². The maximum absolute atomic E-state index is 11.2. The van der Waals surface area contributed by atoms with E-state index in [4.69, 9.17) is 16.3 Å². The first-order chi connectivity index (χ1) is 9.66. The monoisotopic (exact) mass is 297 g/mol. The molecule has 1 aromatic heterocycles. The molecule has 7 heteroatoms. The first kappa shape index (κ1) is 13.6. The Bertz CT molecular complexity index is 524. The Hall–Kier alpha value is -1.40. The van der Waals surface area contributed by atoms with Crippen molar-refractivity contribution in [3.05, 3.63) is 27.4 Å². The Morgan fingerprint density at radius 1 is 1.40 bits per heavy atom. The zero-order valence-corrected chi connectivity index (χ0v) is 11.8. The molecular formula is C13H16ClN3O3. The van der Waals surface area contributed by atoms with Crippen molar-refractivity contribution in [1.29, 1.82) is 0 Å². The molecule has 108 valence electrons. The number of aromatic nitrogens is 1. The van der Waals surface area contributed by atoms with Crippen molar-refractivity contribution in [2.45, 2.75) is 37.8 Å². The van der Waals surface area contributed by atoms with Crippen LogP contribution in [-0.4, -0.2) is 35.2 Å². The van der Waals surface area contributed by atoms with Crippen molar-refractivity contribution in [3.63, 3.8) is 0 Å². The minimum Gasteiger partial charge on any atom is -0.374 e. The summed E-state index contributed by atoms with van der Waals surface area (Å²) in [5.41, 5.74) is 0.0145. The van der Waals surface area contributed by atoms with Crippen LogP contribution < -0.4 is 4.90 Å². The summed E-state index contributed by atoms with van der Waals surface area (Å²) in [6.45, 7) is 1.20. The fourth-order valence-corrected chi connectivity index (χ4v) is 3.27. The van der Waals surface area contributed by atoms with Gasteiger partial charge in [0, 0.05) is 12.6 Å². The van der Waals surface area contributed by atoms with Gasteiger partial charge in [-0.1, -0.05) is 24.4 Å². The highest BCUT2D eigenvalue weighted by atomic mass is 35.5. The minimum absolute atomic E-state index is 0.0145. The van der Waals surface area contributed by atoms with Gasteiger partial charge in [-0.25, -0.2) is 4.98 Å². The van der Waals surface area contributed by atoms with E-state index in [-0.39, 0.29) is 23.0 Å². The summed E-state index contributed by atoms with van der Waals surface area (Å²) >= 11 is 5.92. The van der Waals surface area contributed by atoms with Crippen molar-refractivity contribution in [2.75, 3.05) is 18.1 Å². The molecule has 3 rings (SSSR count). The van der Waals surface area contributed by atoms with Gasteiger partial charge in [0.2, 0.25) is 5.82 Å². The maximum atomic E-state index is 11.2. The van der Waals surface area contributed by atoms with Crippen LogP contribution in [0.5, 0.6) is 0 Å². The maximum Gasteiger partial charge on any atom is 0.311 e. The average molecular weight is 298 g/mol. The van der Waals surface area contributed by atoms with Crippen LogP contribution in [0, 0.1) is 10.1 Å². The van der Waals surface area contributed by atoms with Crippen LogP contribution >= 0.6 is 11.6 Å². The number of pyridine rings is 1. The molecule has 0 bridgehead atoms. The molecule has 2 fully saturated rings. The molecule has 2 aliphatic rings. The molecule has 0 spiro atoms. The highest BCUT2D eigenvalue weighted by Crippen LogP contribution is 2.35. The third-order valence-electron chi connectivity index (χ3n) is 4.02. The quantitative estimate of drug-likeness (QED) is 0.477. The average Bonchev–Trinajstić information content (AvgIpc) is 2.46. The summed E-state index contributed by atoms with van der Waals surface area (Å²) in [5.74, 6) is 0.378. The number of halogens is 1. The first-order valence-corrected chi connectivity index (χ1v) is 7.24. The number of morpholine rings is 1. The highest BCUT2D eigenvalue weighted by molar-refractivity contribution is 6.29. The fraction of sp³-hybridized carbons (Fsp3) is 0.615. The lowest BCUT2D eigenvalue weighted by Gasteiger charge is -2.44. The second kappa shape index (κ2) is 5.54. The summed E-state index contributed by atoms with van der Waals surface area (Å²) in [6, 6.07) is 3.06. The molecule has 2 heterocycles. The predicted molar refractivity (Wildman–Crippen MR) is 75.2 cm³/mol. The van der Waals surface area contributed by atoms with Gasteiger partial charge < -0.3 is 9.64 Å². The first-order valence-electron chi connectivity index (χ1n) is 6.86. The van der Waals surface area contributed by atoms with Crippen molar-refractivity contribution < 1.29 is 9.66 Å². The normalized spacial score (nSPS) is 26.1. The second-order valence-electron chi connectivity index (χ2n) is 5.19. The van der Waals surface area contributed by atoms with Crippen molar-refractivity contribution >= 4 is 23.1 Å². The molecule has 20 heavy (non-hydrogen) atoms. The van der Waals surface area contributed by atoms with Gasteiger partial charge in [-0.3, -0.25) is 10.1 Å². The molecule has 1 aliphatic carbocycles. The van der Waals surface area contributed by atoms with E-state index in [1.165, 1.54) is 12.1 Å². The largest absolute Gasteiger partial charge is 0.374 e. The molecule has 0 radical (unpaired) electrons. The molecule has 0 amide bonds. The lowest BCUT2D eigenvalue weighted by atomic mass is 9.90. The van der Waals surface area contributed by atoms with Crippen molar-refractivity contribution in [1.82, 2.24) is 4.98 Å². The van der Waals surface area contributed by atoms with Crippen LogP contribution in [0.2, 0.25) is 5.15 Å². The van der Waals surface area contributed by atoms with Gasteiger partial charge in [-0.05, 0) is 18.9 Å². The van der Waals surface area contributed by atoms with Crippen LogP contribution in [0.3, 0.4) is 0 Å². The number of ether oxygens (including phenoxy) is 1. The van der Waals surface area contributed by atoms with Crippen LogP contribution in [0.1, 0.15) is 25.7 Å². The van der Waals surface area contributed by atoms with Gasteiger partial charge in [-0.15, -0.1) is 0 Å². The molecule has 1 saturated carbocycles. The van der Waals surface area contributed by atoms with E-state index in [1.807, 2.05) is 4.90 Å². The van der Waals surface area contributed by atoms with Crippen molar-refractivity contribution in [2.24, 2.45) is 0 Å². The van der Waals surface area contributed by atoms with E-state index in [0.717, 1.165) is 25.7 Å². The molecule has 0 aromatic carbocycles. The highest BCUT2D eigenvalue weighted by Gasteiger charge is 2.37. The van der Waals surface area contributed by atoms with Gasteiger partial charge in [0.25, 0.3) is 0 Å². The van der Waals surface area contributed by atoms with E-state index >= 15 is 0 Å². The lowest BCUT2D eigenvalue weighted by molar-refractivity contribution is -0.384. The topological polar surface area (TPSA) is 68.5 Å². The summed E-state index contributed by atoms with van der Waals surface area (Å²) < 4.78 is 5.79. The zero-order chi connectivity index (χ0) is 14.1. The molecule has 1 aromatic rings. The molecule has 1 saturated heterocycles. The lowest BCUT2D eigenvalue weighted by Crippen LogP contribution is -2.53. The summed E-state index contributed by atoms with van der Waals surface area (Å²) in [6.07, 6.45) is 4.42. The van der Waals surface area contributed by atoms with E-state index in [2.05, 4.69) is 4.98 Å². The van der Waals surface area contributed by atoms with Crippen molar-refractivity contribution in [3.8, 4) is 0 Å². The number of nitrogens with zero attached hydrogens (tertiary/aromatic N) is 3. The van der Waals surface area contributed by atoms with Crippen LogP contribution in [0.4, 0.5) is 11.5 Å². The number of anilines is 1. The van der Waals surface area contributed by atoms with Gasteiger partial charge in [0.1, 0.15) is 5.15 Å². The van der Waals surface area contributed by atoms with Crippen LogP contribution in [0.15, 0.2) is 12.1 Å². The Kier molecular flexibility index (Phi) is 3.76. The Morgan fingerprint density at radius 3 is 3.00 bits per heavy atom. The number of nitro groups is 1. The molecule has 2 unspecified atom stereocenters. The summed E-state index contributed by atoms with van der Waals surface area (Å²) in [4.78, 5) is 17.0. The molecule has 6 nitrogen and oxygen atoms in total. The van der Waals surface area contributed by atoms with E-state index in [1.54, 1.807) is 0 Å². The zero-order valence-electron chi connectivity index (χ0n) is 11.0. The van der Waals surface area contributed by atoms with Crippen LogP contribution in [0.25, 0.3) is 0 Å². The van der Waals surface area contributed by atoms with E-state index in [9.17, 15) is 10.1 Å². The molecule has 0 N–H and O–H groups in total. The number of hydrogen-bond acceptors (Lipinski definition) is 5. The van der Waals surface area contributed by atoms with Gasteiger partial charge >= 0.3 is 5.69 Å². The fourth-order valence-electron chi connectivity index (χ4n) is 3.13. The second-order valence-corrected chi connectivity index (χ2v) is 5.58. The molecule has 2 atom stereocenters. The third kappa shape index (κ3) is 2.45. The standard InChI is InChI=1S/C13H16ClN3O3/c14-12-6-5-10(17(18)19)13(15-12)16-7-8-20-11-4-2-1-3-9(11)16/h5-6,9,11H,1-4,7-8H2. The van der Waals surface area contributed by atoms with Gasteiger partial charge in [0.05, 0.1) is 23.7 Å². The number of fused-ring (bicyclic) bond motifs is 1. The Balaban J connectivity index is 1.98.